The minimum Gasteiger partial charge on any atom is -0.439 e. The van der Waals surface area contributed by atoms with E-state index in [4.69, 9.17) is 9.72 Å². The van der Waals surface area contributed by atoms with E-state index in [0.29, 0.717) is 42.2 Å². The number of anilines is 3. The van der Waals surface area contributed by atoms with Crippen molar-refractivity contribution in [1.82, 2.24) is 39.3 Å². The summed E-state index contributed by atoms with van der Waals surface area (Å²) in [5, 5.41) is 8.60. The van der Waals surface area contributed by atoms with Crippen LogP contribution in [0.5, 0.6) is 11.6 Å². The Bertz CT molecular complexity index is 1960. The second-order valence-corrected chi connectivity index (χ2v) is 11.6. The highest BCUT2D eigenvalue weighted by Gasteiger charge is 2.33. The first kappa shape index (κ1) is 28.4. The Morgan fingerprint density at radius 2 is 1.96 bits per heavy atom. The predicted molar refractivity (Wildman–Crippen MR) is 174 cm³/mol. The molecule has 5 heterocycles. The van der Waals surface area contributed by atoms with Crippen molar-refractivity contribution in [2.45, 2.75) is 19.4 Å². The van der Waals surface area contributed by atoms with E-state index >= 15 is 0 Å². The number of nitrogens with zero attached hydrogens (tertiary/aromatic N) is 9. The molecule has 2 aliphatic rings. The maximum atomic E-state index is 12.5. The van der Waals surface area contributed by atoms with Crippen LogP contribution in [0.4, 0.5) is 17.2 Å². The summed E-state index contributed by atoms with van der Waals surface area (Å²) in [5.74, 6) is 1.79. The molecular weight excluding hydrogens is 568 g/mol. The number of hydrogen-bond acceptors (Lipinski definition) is 10. The number of aromatic nitrogens is 6. The van der Waals surface area contributed by atoms with Crippen LogP contribution in [0.2, 0.25) is 0 Å². The predicted octanol–water partition coefficient (Wildman–Crippen LogP) is 4.46. The number of hydrogen-bond donors (Lipinski definition) is 1. The quantitative estimate of drug-likeness (QED) is 0.255. The summed E-state index contributed by atoms with van der Waals surface area (Å²) in [7, 11) is 4.23. The van der Waals surface area contributed by atoms with E-state index in [1.165, 1.54) is 12.4 Å². The van der Waals surface area contributed by atoms with Gasteiger partial charge in [-0.15, -0.1) is 0 Å². The molecule has 0 atom stereocenters. The molecule has 1 amide bonds. The SMILES string of the molecule is C=CC(=O)N1CCC=C(c2ccc3ncnc(Nc4ccc(Oc5cc6ncnn6cn5)c(C)c4)c3c2N2CC(N(C)C)C2)C1. The number of carbonyl (C=O) groups excluding carboxylic acids is 1. The minimum atomic E-state index is -0.0529. The number of benzene rings is 2. The van der Waals surface area contributed by atoms with E-state index in [-0.39, 0.29) is 5.91 Å². The second kappa shape index (κ2) is 11.6. The molecule has 0 bridgehead atoms. The average Bonchev–Trinajstić information content (AvgIpc) is 3.49. The average molecular weight is 603 g/mol. The number of likely N-dealkylation sites (N-methyl/N-ethyl adjacent to an activating group) is 1. The summed E-state index contributed by atoms with van der Waals surface area (Å²) in [6.07, 6.45) is 9.07. The van der Waals surface area contributed by atoms with Gasteiger partial charge in [-0.25, -0.2) is 24.5 Å². The molecule has 1 fully saturated rings. The number of fused-ring (bicyclic) bond motifs is 2. The fourth-order valence-corrected chi connectivity index (χ4v) is 5.90. The Kier molecular flexibility index (Phi) is 7.34. The zero-order chi connectivity index (χ0) is 31.1. The summed E-state index contributed by atoms with van der Waals surface area (Å²) >= 11 is 0. The van der Waals surface area contributed by atoms with Crippen molar-refractivity contribution in [3.63, 3.8) is 0 Å². The smallest absolute Gasteiger partial charge is 0.246 e. The fraction of sp³-hybridized carbons (Fsp3) is 0.273. The highest BCUT2D eigenvalue weighted by Crippen LogP contribution is 2.42. The molecule has 228 valence electrons. The third-order valence-corrected chi connectivity index (χ3v) is 8.47. The van der Waals surface area contributed by atoms with E-state index in [1.54, 1.807) is 23.2 Å². The standard InChI is InChI=1S/C33H34N10O2/c1-5-30(44)41-12-6-7-22(15-41)25-9-10-26-31(32(25)42-16-24(17-42)40(3)4)33(36-18-34-26)39-23-8-11-27(21(2)13-23)45-29-14-28-35-19-38-43(28)20-37-29/h5,7-11,13-14,18-20,24H,1,6,12,15-17H2,2-4H3,(H,34,36,39). The number of aryl methyl sites for hydroxylation is 1. The van der Waals surface area contributed by atoms with E-state index in [9.17, 15) is 4.79 Å². The zero-order valence-electron chi connectivity index (χ0n) is 25.5. The van der Waals surface area contributed by atoms with Crippen molar-refractivity contribution in [1.29, 1.82) is 0 Å². The molecule has 0 unspecified atom stereocenters. The number of ether oxygens (including phenoxy) is 1. The highest BCUT2D eigenvalue weighted by molar-refractivity contribution is 6.06. The largest absolute Gasteiger partial charge is 0.439 e. The maximum Gasteiger partial charge on any atom is 0.246 e. The van der Waals surface area contributed by atoms with Crippen molar-refractivity contribution in [2.75, 3.05) is 50.5 Å². The van der Waals surface area contributed by atoms with E-state index in [0.717, 1.165) is 58.5 Å². The molecule has 1 saturated heterocycles. The minimum absolute atomic E-state index is 0.0529. The van der Waals surface area contributed by atoms with Gasteiger partial charge >= 0.3 is 0 Å². The van der Waals surface area contributed by atoms with Crippen LogP contribution < -0.4 is 15.0 Å². The van der Waals surface area contributed by atoms with Crippen molar-refractivity contribution < 1.29 is 9.53 Å². The van der Waals surface area contributed by atoms with Crippen LogP contribution in [0.3, 0.4) is 0 Å². The first-order chi connectivity index (χ1) is 21.9. The van der Waals surface area contributed by atoms with E-state index in [2.05, 4.69) is 68.0 Å². The van der Waals surface area contributed by atoms with Crippen molar-refractivity contribution in [3.05, 3.63) is 85.2 Å². The van der Waals surface area contributed by atoms with Crippen molar-refractivity contribution in [3.8, 4) is 11.6 Å². The Labute approximate surface area is 260 Å². The fourth-order valence-electron chi connectivity index (χ4n) is 5.90. The Balaban J connectivity index is 1.24. The Hall–Kier alpha value is -5.36. The van der Waals surface area contributed by atoms with Crippen LogP contribution in [0, 0.1) is 6.92 Å². The van der Waals surface area contributed by atoms with Crippen LogP contribution in [0.15, 0.2) is 74.1 Å². The Morgan fingerprint density at radius 3 is 2.76 bits per heavy atom. The van der Waals surface area contributed by atoms with Crippen molar-refractivity contribution in [2.24, 2.45) is 0 Å². The molecule has 2 aromatic carbocycles. The highest BCUT2D eigenvalue weighted by atomic mass is 16.5. The van der Waals surface area contributed by atoms with Gasteiger partial charge in [-0.2, -0.15) is 5.10 Å². The molecular formula is C33H34N10O2. The molecule has 7 rings (SSSR count). The number of amides is 1. The van der Waals surface area contributed by atoms with Gasteiger partial charge < -0.3 is 24.8 Å². The number of rotatable bonds is 8. The Morgan fingerprint density at radius 1 is 1.09 bits per heavy atom. The summed E-state index contributed by atoms with van der Waals surface area (Å²) in [4.78, 5) is 36.9. The normalized spacial score (nSPS) is 15.3. The zero-order valence-corrected chi connectivity index (χ0v) is 25.5. The van der Waals surface area contributed by atoms with E-state index < -0.39 is 0 Å². The monoisotopic (exact) mass is 602 g/mol. The van der Waals surface area contributed by atoms with Crippen LogP contribution in [-0.4, -0.2) is 91.6 Å². The second-order valence-electron chi connectivity index (χ2n) is 11.6. The lowest BCUT2D eigenvalue weighted by molar-refractivity contribution is -0.125. The molecule has 12 heteroatoms. The molecule has 0 radical (unpaired) electrons. The van der Waals surface area contributed by atoms with Crippen LogP contribution in [0.25, 0.3) is 22.1 Å². The van der Waals surface area contributed by atoms with Gasteiger partial charge in [0.2, 0.25) is 11.8 Å². The third kappa shape index (κ3) is 5.44. The molecule has 1 N–H and O–H groups in total. The lowest BCUT2D eigenvalue weighted by atomic mass is 9.93. The topological polar surface area (TPSA) is 117 Å². The first-order valence-corrected chi connectivity index (χ1v) is 14.9. The number of nitrogens with one attached hydrogen (secondary N) is 1. The maximum absolute atomic E-state index is 12.5. The molecule has 2 aliphatic heterocycles. The van der Waals surface area contributed by atoms with Crippen LogP contribution >= 0.6 is 0 Å². The van der Waals surface area contributed by atoms with Gasteiger partial charge in [0.05, 0.1) is 16.6 Å². The molecule has 0 aliphatic carbocycles. The third-order valence-electron chi connectivity index (χ3n) is 8.47. The summed E-state index contributed by atoms with van der Waals surface area (Å²) < 4.78 is 7.67. The molecule has 45 heavy (non-hydrogen) atoms. The lowest BCUT2D eigenvalue weighted by Gasteiger charge is -2.45. The number of carbonyl (C=O) groups is 1. The molecule has 0 saturated carbocycles. The summed E-state index contributed by atoms with van der Waals surface area (Å²) in [6.45, 7) is 8.67. The van der Waals surface area contributed by atoms with Gasteiger partial charge in [-0.3, -0.25) is 4.79 Å². The van der Waals surface area contributed by atoms with Gasteiger partial charge in [0.25, 0.3) is 0 Å². The molecule has 5 aromatic rings. The summed E-state index contributed by atoms with van der Waals surface area (Å²) in [6, 6.07) is 12.3. The van der Waals surface area contributed by atoms with Crippen LogP contribution in [-0.2, 0) is 4.79 Å². The van der Waals surface area contributed by atoms with Gasteiger partial charge in [-0.05, 0) is 68.9 Å². The van der Waals surface area contributed by atoms with Gasteiger partial charge in [0.15, 0.2) is 5.65 Å². The van der Waals surface area contributed by atoms with Gasteiger partial charge in [0, 0.05) is 49.5 Å². The van der Waals surface area contributed by atoms with Crippen LogP contribution in [0.1, 0.15) is 17.5 Å². The molecule has 0 spiro atoms. The van der Waals surface area contributed by atoms with Gasteiger partial charge in [-0.1, -0.05) is 18.7 Å². The van der Waals surface area contributed by atoms with Gasteiger partial charge in [0.1, 0.15) is 30.5 Å². The molecule has 3 aromatic heterocycles. The lowest BCUT2D eigenvalue weighted by Crippen LogP contribution is -2.57. The van der Waals surface area contributed by atoms with E-state index in [1.807, 2.05) is 36.1 Å². The van der Waals surface area contributed by atoms with Crippen molar-refractivity contribution >= 4 is 45.2 Å². The molecule has 12 nitrogen and oxygen atoms in total. The first-order valence-electron chi connectivity index (χ1n) is 14.9. The summed E-state index contributed by atoms with van der Waals surface area (Å²) in [5.41, 5.74) is 6.60.